The van der Waals surface area contributed by atoms with E-state index in [0.717, 1.165) is 0 Å². The number of phenolic OH excluding ortho intramolecular Hbond substituents is 3. The van der Waals surface area contributed by atoms with Gasteiger partial charge in [-0.05, 0) is 18.2 Å². The van der Waals surface area contributed by atoms with Crippen LogP contribution in [0.1, 0.15) is 28.4 Å². The monoisotopic (exact) mass is 362 g/mol. The van der Waals surface area contributed by atoms with Crippen molar-refractivity contribution in [1.29, 1.82) is 0 Å². The summed E-state index contributed by atoms with van der Waals surface area (Å²) in [7, 11) is 4.04. The molecule has 3 N–H and O–H groups in total. The molecule has 0 aliphatic carbocycles. The summed E-state index contributed by atoms with van der Waals surface area (Å²) >= 11 is 0. The number of phenols is 3. The molecule has 0 bridgehead atoms. The summed E-state index contributed by atoms with van der Waals surface area (Å²) in [5.41, 5.74) is 0.149. The number of benzene rings is 2. The lowest BCUT2D eigenvalue weighted by molar-refractivity contribution is 0.0830. The number of Topliss-reactive ketones (excluding diaryl/α,β-unsaturated/α-hetero) is 1. The van der Waals surface area contributed by atoms with E-state index >= 15 is 0 Å². The molecule has 8 nitrogen and oxygen atoms in total. The highest BCUT2D eigenvalue weighted by atomic mass is 16.6. The molecule has 0 aromatic heterocycles. The van der Waals surface area contributed by atoms with Gasteiger partial charge in [0.15, 0.2) is 17.3 Å². The van der Waals surface area contributed by atoms with Crippen molar-refractivity contribution < 1.29 is 39.1 Å². The van der Waals surface area contributed by atoms with Crippen LogP contribution in [0, 0.1) is 0 Å². The van der Waals surface area contributed by atoms with Crippen LogP contribution in [-0.2, 0) is 0 Å². The lowest BCUT2D eigenvalue weighted by atomic mass is 9.94. The molecule has 1 unspecified atom stereocenters. The molecule has 2 aromatic rings. The number of carbonyl (C=O) groups excluding carboxylic acids is 1. The van der Waals surface area contributed by atoms with Crippen LogP contribution >= 0.6 is 0 Å². The molecular weight excluding hydrogens is 344 g/mol. The van der Waals surface area contributed by atoms with E-state index < -0.39 is 17.6 Å². The minimum atomic E-state index is -0.881. The third kappa shape index (κ3) is 2.59. The lowest BCUT2D eigenvalue weighted by Crippen LogP contribution is -2.21. The number of ether oxygens (including phenoxy) is 4. The quantitative estimate of drug-likeness (QED) is 0.711. The summed E-state index contributed by atoms with van der Waals surface area (Å²) in [4.78, 5) is 12.7. The van der Waals surface area contributed by atoms with Gasteiger partial charge in [-0.2, -0.15) is 0 Å². The Morgan fingerprint density at radius 3 is 2.27 bits per heavy atom. The predicted octanol–water partition coefficient (Wildman–Crippen LogP) is 2.54. The van der Waals surface area contributed by atoms with E-state index in [4.69, 9.17) is 18.9 Å². The number of hydrogen-bond donors (Lipinski definition) is 3. The highest BCUT2D eigenvalue weighted by molar-refractivity contribution is 6.05. The first-order chi connectivity index (χ1) is 12.4. The molecule has 1 aliphatic heterocycles. The van der Waals surface area contributed by atoms with Crippen LogP contribution in [0.4, 0.5) is 0 Å². The Labute approximate surface area is 149 Å². The Balaban J connectivity index is 2.20. The summed E-state index contributed by atoms with van der Waals surface area (Å²) in [6.07, 6.45) is -1.04. The van der Waals surface area contributed by atoms with Gasteiger partial charge in [0, 0.05) is 5.56 Å². The molecule has 2 aromatic carbocycles. The van der Waals surface area contributed by atoms with Gasteiger partial charge in [0.1, 0.15) is 23.2 Å². The molecule has 138 valence electrons. The first-order valence-corrected chi connectivity index (χ1v) is 7.69. The number of ketones is 1. The smallest absolute Gasteiger partial charge is 0.211 e. The van der Waals surface area contributed by atoms with E-state index in [0.29, 0.717) is 0 Å². The number of methoxy groups -OCH3 is 3. The van der Waals surface area contributed by atoms with Crippen LogP contribution in [0.2, 0.25) is 0 Å². The summed E-state index contributed by atoms with van der Waals surface area (Å²) in [6, 6.07) is 3.93. The zero-order chi connectivity index (χ0) is 19.0. The van der Waals surface area contributed by atoms with Gasteiger partial charge in [-0.1, -0.05) is 0 Å². The van der Waals surface area contributed by atoms with Gasteiger partial charge in [-0.3, -0.25) is 4.79 Å². The Kier molecular flexibility index (Phi) is 4.41. The maximum atomic E-state index is 12.7. The summed E-state index contributed by atoms with van der Waals surface area (Å²) in [6.45, 7) is 0. The van der Waals surface area contributed by atoms with E-state index in [9.17, 15) is 20.1 Å². The largest absolute Gasteiger partial charge is 0.508 e. The third-order valence-electron chi connectivity index (χ3n) is 4.18. The molecule has 0 saturated heterocycles. The molecule has 0 saturated carbocycles. The van der Waals surface area contributed by atoms with E-state index in [1.165, 1.54) is 39.5 Å². The standard InChI is InChI=1S/C18H18O8/c1-23-16-14(22)13-11(21)7-12(9-6-8(19)4-5-10(9)20)26-15(13)17(24-2)18(16)25-3/h4-6,12,19-20,22H,7H2,1-3H3. The third-order valence-corrected chi connectivity index (χ3v) is 4.18. The average molecular weight is 362 g/mol. The highest BCUT2D eigenvalue weighted by Gasteiger charge is 2.38. The molecule has 1 aliphatic rings. The van der Waals surface area contributed by atoms with E-state index in [1.807, 2.05) is 0 Å². The number of rotatable bonds is 4. The maximum absolute atomic E-state index is 12.7. The van der Waals surface area contributed by atoms with Crippen LogP contribution in [0.5, 0.6) is 40.2 Å². The molecule has 0 fully saturated rings. The van der Waals surface area contributed by atoms with Crippen molar-refractivity contribution in [2.75, 3.05) is 21.3 Å². The minimum absolute atomic E-state index is 0.0216. The van der Waals surface area contributed by atoms with E-state index in [2.05, 4.69) is 0 Å². The van der Waals surface area contributed by atoms with Crippen molar-refractivity contribution in [2.45, 2.75) is 12.5 Å². The van der Waals surface area contributed by atoms with Crippen molar-refractivity contribution in [3.63, 3.8) is 0 Å². The van der Waals surface area contributed by atoms with Gasteiger partial charge in [-0.15, -0.1) is 0 Å². The normalized spacial score (nSPS) is 15.8. The van der Waals surface area contributed by atoms with Gasteiger partial charge in [0.2, 0.25) is 17.2 Å². The molecule has 1 heterocycles. The fraction of sp³-hybridized carbons (Fsp3) is 0.278. The second kappa shape index (κ2) is 6.55. The van der Waals surface area contributed by atoms with Gasteiger partial charge < -0.3 is 34.3 Å². The second-order valence-corrected chi connectivity index (χ2v) is 5.63. The average Bonchev–Trinajstić information content (AvgIpc) is 2.62. The zero-order valence-corrected chi connectivity index (χ0v) is 14.4. The van der Waals surface area contributed by atoms with Crippen molar-refractivity contribution in [3.05, 3.63) is 29.3 Å². The molecule has 0 radical (unpaired) electrons. The zero-order valence-electron chi connectivity index (χ0n) is 14.4. The van der Waals surface area contributed by atoms with Crippen molar-refractivity contribution in [3.8, 4) is 40.2 Å². The molecule has 3 rings (SSSR count). The van der Waals surface area contributed by atoms with Crippen LogP contribution in [0.3, 0.4) is 0 Å². The van der Waals surface area contributed by atoms with Crippen LogP contribution < -0.4 is 18.9 Å². The maximum Gasteiger partial charge on any atom is 0.211 e. The summed E-state index contributed by atoms with van der Waals surface area (Å²) in [5.74, 6) is -0.978. The van der Waals surface area contributed by atoms with Gasteiger partial charge in [0.05, 0.1) is 27.8 Å². The number of fused-ring (bicyclic) bond motifs is 1. The van der Waals surface area contributed by atoms with Crippen LogP contribution in [0.25, 0.3) is 0 Å². The lowest BCUT2D eigenvalue weighted by Gasteiger charge is -2.29. The van der Waals surface area contributed by atoms with Gasteiger partial charge >= 0.3 is 0 Å². The Bertz CT molecular complexity index is 874. The van der Waals surface area contributed by atoms with Gasteiger partial charge in [0.25, 0.3) is 0 Å². The summed E-state index contributed by atoms with van der Waals surface area (Å²) < 4.78 is 21.5. The molecule has 0 spiro atoms. The fourth-order valence-electron chi connectivity index (χ4n) is 3.01. The summed E-state index contributed by atoms with van der Waals surface area (Å²) in [5, 5.41) is 30.2. The number of carbonyl (C=O) groups is 1. The van der Waals surface area contributed by atoms with E-state index in [-0.39, 0.29) is 52.0 Å². The number of aromatic hydroxyl groups is 3. The SMILES string of the molecule is COc1c(O)c2c(c(OC)c1OC)OC(c1cc(O)ccc1O)CC2=O. The fourth-order valence-corrected chi connectivity index (χ4v) is 3.01. The Hall–Kier alpha value is -3.29. The van der Waals surface area contributed by atoms with Crippen molar-refractivity contribution >= 4 is 5.78 Å². The van der Waals surface area contributed by atoms with Crippen LogP contribution in [0.15, 0.2) is 18.2 Å². The Morgan fingerprint density at radius 2 is 1.65 bits per heavy atom. The predicted molar refractivity (Wildman–Crippen MR) is 89.9 cm³/mol. The molecule has 26 heavy (non-hydrogen) atoms. The molecular formula is C18H18O8. The number of hydrogen-bond acceptors (Lipinski definition) is 8. The second-order valence-electron chi connectivity index (χ2n) is 5.63. The molecule has 8 heteroatoms. The molecule has 1 atom stereocenters. The minimum Gasteiger partial charge on any atom is -0.508 e. The highest BCUT2D eigenvalue weighted by Crippen LogP contribution is 2.56. The van der Waals surface area contributed by atoms with E-state index in [1.54, 1.807) is 0 Å². The Morgan fingerprint density at radius 1 is 1.00 bits per heavy atom. The van der Waals surface area contributed by atoms with Crippen LogP contribution in [-0.4, -0.2) is 42.4 Å². The van der Waals surface area contributed by atoms with Crippen molar-refractivity contribution in [2.24, 2.45) is 0 Å². The van der Waals surface area contributed by atoms with Gasteiger partial charge in [-0.25, -0.2) is 0 Å². The molecule has 0 amide bonds. The van der Waals surface area contributed by atoms with Crippen molar-refractivity contribution in [1.82, 2.24) is 0 Å². The topological polar surface area (TPSA) is 115 Å². The first kappa shape index (κ1) is 17.5. The first-order valence-electron chi connectivity index (χ1n) is 7.69.